The molecule has 4 rings (SSSR count). The second kappa shape index (κ2) is 9.96. The van der Waals surface area contributed by atoms with E-state index in [-0.39, 0.29) is 11.8 Å². The van der Waals surface area contributed by atoms with Crippen molar-refractivity contribution < 1.29 is 9.59 Å². The Morgan fingerprint density at radius 1 is 1.10 bits per heavy atom. The number of aromatic nitrogens is 2. The number of unbranched alkanes of at least 4 members (excludes halogenated alkanes) is 1. The number of nitrogens with zero attached hydrogens (tertiary/aromatic N) is 3. The molecule has 0 radical (unpaired) electrons. The third-order valence-electron chi connectivity index (χ3n) is 5.95. The van der Waals surface area contributed by atoms with Gasteiger partial charge >= 0.3 is 0 Å². The summed E-state index contributed by atoms with van der Waals surface area (Å²) < 4.78 is 1.85. The lowest BCUT2D eigenvalue weighted by Gasteiger charge is -2.32. The van der Waals surface area contributed by atoms with Gasteiger partial charge in [0.05, 0.1) is 5.56 Å². The van der Waals surface area contributed by atoms with Crippen molar-refractivity contribution in [3.8, 4) is 0 Å². The van der Waals surface area contributed by atoms with Crippen LogP contribution in [0, 0.1) is 5.92 Å². The first-order chi connectivity index (χ1) is 15.1. The van der Waals surface area contributed by atoms with E-state index in [0.29, 0.717) is 28.6 Å². The Balaban J connectivity index is 1.13. The van der Waals surface area contributed by atoms with Crippen LogP contribution in [0.3, 0.4) is 0 Å². The summed E-state index contributed by atoms with van der Waals surface area (Å²) in [7, 11) is 0. The number of fused-ring (bicyclic) bond motifs is 1. The first-order valence-corrected chi connectivity index (χ1v) is 11.2. The molecule has 7 heteroatoms. The minimum atomic E-state index is -0.0524. The van der Waals surface area contributed by atoms with Crippen LogP contribution in [0.1, 0.15) is 52.8 Å². The Kier molecular flexibility index (Phi) is 6.87. The van der Waals surface area contributed by atoms with Crippen LogP contribution in [0.5, 0.6) is 0 Å². The van der Waals surface area contributed by atoms with E-state index in [1.54, 1.807) is 30.6 Å². The van der Waals surface area contributed by atoms with E-state index in [1.165, 1.54) is 0 Å². The highest BCUT2D eigenvalue weighted by molar-refractivity contribution is 6.30. The zero-order valence-corrected chi connectivity index (χ0v) is 18.2. The highest BCUT2D eigenvalue weighted by Crippen LogP contribution is 2.24. The molecule has 0 aliphatic carbocycles. The third kappa shape index (κ3) is 5.44. The van der Waals surface area contributed by atoms with E-state index in [4.69, 9.17) is 11.6 Å². The lowest BCUT2D eigenvalue weighted by atomic mass is 9.91. The van der Waals surface area contributed by atoms with E-state index in [0.717, 1.165) is 50.8 Å². The van der Waals surface area contributed by atoms with Gasteiger partial charge in [-0.2, -0.15) is 0 Å². The molecule has 31 heavy (non-hydrogen) atoms. The summed E-state index contributed by atoms with van der Waals surface area (Å²) >= 11 is 6.01. The molecular weight excluding hydrogens is 412 g/mol. The Bertz CT molecular complexity index is 1060. The molecule has 0 atom stereocenters. The fourth-order valence-corrected chi connectivity index (χ4v) is 4.34. The first kappa shape index (κ1) is 21.4. The smallest absolute Gasteiger partial charge is 0.253 e. The number of hydrogen-bond donors (Lipinski definition) is 1. The van der Waals surface area contributed by atoms with Crippen molar-refractivity contribution in [3.05, 3.63) is 71.1 Å². The zero-order chi connectivity index (χ0) is 21.6. The molecule has 1 aliphatic heterocycles. The van der Waals surface area contributed by atoms with Gasteiger partial charge < -0.3 is 14.6 Å². The van der Waals surface area contributed by atoms with Crippen molar-refractivity contribution in [1.82, 2.24) is 19.6 Å². The molecule has 2 aromatic heterocycles. The highest BCUT2D eigenvalue weighted by atomic mass is 35.5. The van der Waals surface area contributed by atoms with Gasteiger partial charge in [0, 0.05) is 48.8 Å². The summed E-state index contributed by atoms with van der Waals surface area (Å²) in [5, 5.41) is 3.59. The van der Waals surface area contributed by atoms with Crippen molar-refractivity contribution in [2.75, 3.05) is 19.6 Å². The molecule has 0 spiro atoms. The van der Waals surface area contributed by atoms with Crippen molar-refractivity contribution >= 4 is 29.1 Å². The van der Waals surface area contributed by atoms with Crippen LogP contribution < -0.4 is 5.32 Å². The molecule has 1 fully saturated rings. The molecule has 6 nitrogen and oxygen atoms in total. The van der Waals surface area contributed by atoms with E-state index < -0.39 is 0 Å². The number of imidazole rings is 1. The number of nitrogens with one attached hydrogen (secondary N) is 1. The van der Waals surface area contributed by atoms with Gasteiger partial charge in [-0.15, -0.1) is 0 Å². The standard InChI is InChI=1S/C24H27ClN4O2/c25-21-6-3-5-19(16-21)24(31)28-13-9-18(10-14-28)4-1-2-11-27-23(30)20-7-8-22-26-12-15-29(22)17-20/h3,5-8,12,15-18H,1-2,4,9-11,13-14H2,(H,27,30). The van der Waals surface area contributed by atoms with Crippen molar-refractivity contribution in [2.45, 2.75) is 32.1 Å². The number of pyridine rings is 1. The molecule has 2 amide bonds. The molecule has 1 N–H and O–H groups in total. The maximum atomic E-state index is 12.6. The second-order valence-corrected chi connectivity index (χ2v) is 8.54. The van der Waals surface area contributed by atoms with Crippen LogP contribution in [0.15, 0.2) is 55.0 Å². The summed E-state index contributed by atoms with van der Waals surface area (Å²) in [6.07, 6.45) is 10.6. The molecule has 0 unspecified atom stereocenters. The maximum Gasteiger partial charge on any atom is 0.253 e. The Morgan fingerprint density at radius 3 is 2.74 bits per heavy atom. The summed E-state index contributed by atoms with van der Waals surface area (Å²) in [4.78, 5) is 31.1. The number of benzene rings is 1. The van der Waals surface area contributed by atoms with E-state index >= 15 is 0 Å². The lowest BCUT2D eigenvalue weighted by molar-refractivity contribution is 0.0686. The molecule has 0 bridgehead atoms. The van der Waals surface area contributed by atoms with Gasteiger partial charge in [0.15, 0.2) is 0 Å². The third-order valence-corrected chi connectivity index (χ3v) is 6.18. The SMILES string of the molecule is O=C(NCCCCC1CCN(C(=O)c2cccc(Cl)c2)CC1)c1ccc2nccn2c1. The summed E-state index contributed by atoms with van der Waals surface area (Å²) in [5.41, 5.74) is 2.13. The van der Waals surface area contributed by atoms with Crippen molar-refractivity contribution in [2.24, 2.45) is 5.92 Å². The second-order valence-electron chi connectivity index (χ2n) is 8.11. The molecule has 1 aromatic carbocycles. The minimum absolute atomic E-state index is 0.0524. The summed E-state index contributed by atoms with van der Waals surface area (Å²) in [6, 6.07) is 10.8. The van der Waals surface area contributed by atoms with Gasteiger partial charge in [-0.25, -0.2) is 4.98 Å². The zero-order valence-electron chi connectivity index (χ0n) is 17.5. The van der Waals surface area contributed by atoms with E-state index in [2.05, 4.69) is 10.3 Å². The molecule has 1 saturated heterocycles. The van der Waals surface area contributed by atoms with Gasteiger partial charge in [0.25, 0.3) is 11.8 Å². The van der Waals surface area contributed by atoms with Crippen molar-refractivity contribution in [1.29, 1.82) is 0 Å². The van der Waals surface area contributed by atoms with Gasteiger partial charge in [-0.3, -0.25) is 9.59 Å². The van der Waals surface area contributed by atoms with Crippen LogP contribution in [-0.4, -0.2) is 45.7 Å². The molecule has 1 aliphatic rings. The normalized spacial score (nSPS) is 14.7. The van der Waals surface area contributed by atoms with Crippen LogP contribution >= 0.6 is 11.6 Å². The summed E-state index contributed by atoms with van der Waals surface area (Å²) in [5.74, 6) is 0.656. The Morgan fingerprint density at radius 2 is 1.94 bits per heavy atom. The van der Waals surface area contributed by atoms with Gasteiger partial charge in [-0.1, -0.05) is 30.5 Å². The predicted molar refractivity (Wildman–Crippen MR) is 121 cm³/mol. The van der Waals surface area contributed by atoms with Crippen LogP contribution in [0.2, 0.25) is 5.02 Å². The molecule has 0 saturated carbocycles. The number of likely N-dealkylation sites (tertiary alicyclic amines) is 1. The van der Waals surface area contributed by atoms with Crippen LogP contribution in [0.25, 0.3) is 5.65 Å². The molecule has 3 heterocycles. The molecule has 3 aromatic rings. The topological polar surface area (TPSA) is 66.7 Å². The fourth-order valence-electron chi connectivity index (χ4n) is 4.15. The Hall–Kier alpha value is -2.86. The number of amides is 2. The number of carbonyl (C=O) groups is 2. The number of rotatable bonds is 7. The van der Waals surface area contributed by atoms with Crippen LogP contribution in [0.4, 0.5) is 0 Å². The fraction of sp³-hybridized carbons (Fsp3) is 0.375. The quantitative estimate of drug-likeness (QED) is 0.554. The number of hydrogen-bond acceptors (Lipinski definition) is 3. The molecular formula is C24H27ClN4O2. The molecule has 162 valence electrons. The predicted octanol–water partition coefficient (Wildman–Crippen LogP) is 4.44. The first-order valence-electron chi connectivity index (χ1n) is 10.9. The number of piperidine rings is 1. The number of halogens is 1. The monoisotopic (exact) mass is 438 g/mol. The van der Waals surface area contributed by atoms with Gasteiger partial charge in [0.1, 0.15) is 5.65 Å². The van der Waals surface area contributed by atoms with Gasteiger partial charge in [-0.05, 0) is 55.5 Å². The average Bonchev–Trinajstić information content (AvgIpc) is 3.26. The average molecular weight is 439 g/mol. The number of carbonyl (C=O) groups excluding carboxylic acids is 2. The van der Waals surface area contributed by atoms with E-state index in [9.17, 15) is 9.59 Å². The van der Waals surface area contributed by atoms with E-state index in [1.807, 2.05) is 33.7 Å². The van der Waals surface area contributed by atoms with Crippen LogP contribution in [-0.2, 0) is 0 Å². The maximum absolute atomic E-state index is 12.6. The largest absolute Gasteiger partial charge is 0.352 e. The minimum Gasteiger partial charge on any atom is -0.352 e. The Labute approximate surface area is 187 Å². The summed E-state index contributed by atoms with van der Waals surface area (Å²) in [6.45, 7) is 2.26. The highest BCUT2D eigenvalue weighted by Gasteiger charge is 2.23. The lowest BCUT2D eigenvalue weighted by Crippen LogP contribution is -2.38. The van der Waals surface area contributed by atoms with Gasteiger partial charge in [0.2, 0.25) is 0 Å². The van der Waals surface area contributed by atoms with Crippen molar-refractivity contribution in [3.63, 3.8) is 0 Å².